The van der Waals surface area contributed by atoms with E-state index in [-0.39, 0.29) is 22.3 Å². The number of amides is 1. The van der Waals surface area contributed by atoms with Gasteiger partial charge in [-0.1, -0.05) is 19.9 Å². The monoisotopic (exact) mass is 494 g/mol. The highest BCUT2D eigenvalue weighted by Crippen LogP contribution is 2.43. The molecule has 180 valence electrons. The fourth-order valence-corrected chi connectivity index (χ4v) is 4.84. The van der Waals surface area contributed by atoms with Gasteiger partial charge in [-0.05, 0) is 48.2 Å². The molecule has 0 saturated carbocycles. The topological polar surface area (TPSA) is 81.9 Å². The lowest BCUT2D eigenvalue weighted by molar-refractivity contribution is 0.0971. The summed E-state index contributed by atoms with van der Waals surface area (Å²) < 4.78 is 31.3. The van der Waals surface area contributed by atoms with Gasteiger partial charge in [-0.25, -0.2) is 9.37 Å². The minimum atomic E-state index is -0.828. The third-order valence-corrected chi connectivity index (χ3v) is 6.68. The van der Waals surface area contributed by atoms with Crippen LogP contribution in [0, 0.1) is 11.7 Å². The highest BCUT2D eigenvalue weighted by atomic mass is 32.1. The van der Waals surface area contributed by atoms with Crippen LogP contribution in [0.3, 0.4) is 0 Å². The van der Waals surface area contributed by atoms with Crippen LogP contribution in [0.15, 0.2) is 57.2 Å². The molecule has 9 heteroatoms. The molecular formula is C26H23FN2O5S. The Bertz CT molecular complexity index is 1460. The van der Waals surface area contributed by atoms with Crippen molar-refractivity contribution in [2.45, 2.75) is 26.3 Å². The second kappa shape index (κ2) is 9.14. The number of halogens is 1. The first kappa shape index (κ1) is 23.0. The maximum Gasteiger partial charge on any atom is 0.297 e. The second-order valence-electron chi connectivity index (χ2n) is 8.65. The first-order chi connectivity index (χ1) is 16.9. The molecule has 1 aliphatic rings. The van der Waals surface area contributed by atoms with Gasteiger partial charge in [-0.3, -0.25) is 14.5 Å². The Morgan fingerprint density at radius 2 is 2.00 bits per heavy atom. The molecule has 1 unspecified atom stereocenters. The molecule has 1 amide bonds. The van der Waals surface area contributed by atoms with Crippen LogP contribution in [0.1, 0.15) is 48.0 Å². The summed E-state index contributed by atoms with van der Waals surface area (Å²) in [7, 11) is 1.53. The van der Waals surface area contributed by atoms with Gasteiger partial charge in [0.15, 0.2) is 22.1 Å². The van der Waals surface area contributed by atoms with Gasteiger partial charge in [0.25, 0.3) is 5.91 Å². The lowest BCUT2D eigenvalue weighted by Gasteiger charge is -2.23. The zero-order chi connectivity index (χ0) is 24.7. The number of carbonyl (C=O) groups excluding carboxylic acids is 1. The van der Waals surface area contributed by atoms with E-state index >= 15 is 0 Å². The number of anilines is 1. The number of thiazole rings is 1. The van der Waals surface area contributed by atoms with E-state index < -0.39 is 23.2 Å². The summed E-state index contributed by atoms with van der Waals surface area (Å²) >= 11 is 1.27. The molecule has 0 fully saturated rings. The highest BCUT2D eigenvalue weighted by molar-refractivity contribution is 7.13. The number of rotatable bonds is 7. The van der Waals surface area contributed by atoms with E-state index in [1.807, 2.05) is 0 Å². The molecule has 0 N–H and O–H groups in total. The Balaban J connectivity index is 1.67. The predicted molar refractivity (Wildman–Crippen MR) is 131 cm³/mol. The van der Waals surface area contributed by atoms with E-state index in [1.54, 1.807) is 29.8 Å². The van der Waals surface area contributed by atoms with Crippen molar-refractivity contribution in [2.75, 3.05) is 18.6 Å². The number of benzene rings is 2. The van der Waals surface area contributed by atoms with Crippen molar-refractivity contribution in [3.05, 3.63) is 80.9 Å². The van der Waals surface area contributed by atoms with E-state index in [9.17, 15) is 14.0 Å². The molecule has 0 spiro atoms. The number of ether oxygens (including phenoxy) is 2. The van der Waals surface area contributed by atoms with Crippen molar-refractivity contribution in [3.8, 4) is 11.5 Å². The summed E-state index contributed by atoms with van der Waals surface area (Å²) in [5.74, 6) is 0.404. The maximum atomic E-state index is 14.0. The third kappa shape index (κ3) is 4.05. The molecule has 0 saturated heterocycles. The Morgan fingerprint density at radius 1 is 1.17 bits per heavy atom. The van der Waals surface area contributed by atoms with E-state index in [0.717, 1.165) is 12.5 Å². The zero-order valence-electron chi connectivity index (χ0n) is 19.4. The molecule has 35 heavy (non-hydrogen) atoms. The summed E-state index contributed by atoms with van der Waals surface area (Å²) in [5, 5.41) is 2.23. The first-order valence-corrected chi connectivity index (χ1v) is 12.1. The standard InChI is InChI=1S/C26H23FN2O5S/c1-14(2)8-10-33-19-6-4-15(12-20(19)32-3)22-21-23(30)17-13-16(27)5-7-18(17)34-24(21)25(31)29(22)26-28-9-11-35-26/h4-7,9,11-14,22H,8,10H2,1-3H3. The van der Waals surface area contributed by atoms with E-state index in [2.05, 4.69) is 18.8 Å². The van der Waals surface area contributed by atoms with Crippen molar-refractivity contribution in [3.63, 3.8) is 0 Å². The lowest BCUT2D eigenvalue weighted by Crippen LogP contribution is -2.29. The molecule has 0 bridgehead atoms. The average Bonchev–Trinajstić information content (AvgIpc) is 3.46. The van der Waals surface area contributed by atoms with Crippen LogP contribution >= 0.6 is 11.3 Å². The summed E-state index contributed by atoms with van der Waals surface area (Å²) in [5.41, 5.74) is 0.436. The van der Waals surface area contributed by atoms with Crippen molar-refractivity contribution in [1.29, 1.82) is 0 Å². The Morgan fingerprint density at radius 3 is 2.71 bits per heavy atom. The number of carbonyl (C=O) groups is 1. The summed E-state index contributed by atoms with van der Waals surface area (Å²) in [6.07, 6.45) is 2.47. The van der Waals surface area contributed by atoms with Crippen LogP contribution in [-0.4, -0.2) is 24.6 Å². The Kier molecular flexibility index (Phi) is 6.02. The normalized spacial score (nSPS) is 15.2. The van der Waals surface area contributed by atoms with Gasteiger partial charge in [0.2, 0.25) is 5.76 Å². The van der Waals surface area contributed by atoms with Crippen LogP contribution in [0.25, 0.3) is 11.0 Å². The summed E-state index contributed by atoms with van der Waals surface area (Å²) in [4.78, 5) is 32.8. The SMILES string of the molecule is COc1cc(C2c3c(oc4ccc(F)cc4c3=O)C(=O)N2c2nccs2)ccc1OCCC(C)C. The molecule has 1 aliphatic heterocycles. The fourth-order valence-electron chi connectivity index (χ4n) is 4.17. The first-order valence-electron chi connectivity index (χ1n) is 11.2. The number of nitrogens with zero attached hydrogens (tertiary/aromatic N) is 2. The molecule has 2 aromatic heterocycles. The number of hydrogen-bond acceptors (Lipinski definition) is 7. The number of aromatic nitrogens is 1. The minimum absolute atomic E-state index is 0.0724. The molecule has 0 radical (unpaired) electrons. The Hall–Kier alpha value is -3.72. The van der Waals surface area contributed by atoms with Gasteiger partial charge < -0.3 is 13.9 Å². The highest BCUT2D eigenvalue weighted by Gasteiger charge is 2.45. The van der Waals surface area contributed by atoms with Crippen LogP contribution in [0.2, 0.25) is 0 Å². The summed E-state index contributed by atoms with van der Waals surface area (Å²) in [6.45, 7) is 4.77. The van der Waals surface area contributed by atoms with Crippen LogP contribution in [0.4, 0.5) is 9.52 Å². The van der Waals surface area contributed by atoms with Crippen molar-refractivity contribution in [2.24, 2.45) is 5.92 Å². The molecule has 2 aromatic carbocycles. The number of fused-ring (bicyclic) bond motifs is 2. The molecule has 4 aromatic rings. The number of methoxy groups -OCH3 is 1. The third-order valence-electron chi connectivity index (χ3n) is 5.91. The van der Waals surface area contributed by atoms with E-state index in [0.29, 0.717) is 34.7 Å². The van der Waals surface area contributed by atoms with Crippen molar-refractivity contribution < 1.29 is 23.1 Å². The average molecular weight is 495 g/mol. The minimum Gasteiger partial charge on any atom is -0.493 e. The molecule has 1 atom stereocenters. The van der Waals surface area contributed by atoms with E-state index in [4.69, 9.17) is 13.9 Å². The molecular weight excluding hydrogens is 471 g/mol. The Labute approximate surface area is 204 Å². The molecule has 0 aliphatic carbocycles. The van der Waals surface area contributed by atoms with Gasteiger partial charge in [0, 0.05) is 11.6 Å². The van der Waals surface area contributed by atoms with Gasteiger partial charge in [-0.15, -0.1) is 11.3 Å². The van der Waals surface area contributed by atoms with Gasteiger partial charge in [0.05, 0.1) is 30.7 Å². The maximum absolute atomic E-state index is 14.0. The number of hydrogen-bond donors (Lipinski definition) is 0. The molecule has 3 heterocycles. The van der Waals surface area contributed by atoms with Gasteiger partial charge in [0.1, 0.15) is 11.4 Å². The summed E-state index contributed by atoms with van der Waals surface area (Å²) in [6, 6.07) is 8.14. The van der Waals surface area contributed by atoms with Gasteiger partial charge in [-0.2, -0.15) is 0 Å². The molecule has 5 rings (SSSR count). The lowest BCUT2D eigenvalue weighted by atomic mass is 9.98. The van der Waals surface area contributed by atoms with Gasteiger partial charge >= 0.3 is 0 Å². The quantitative estimate of drug-likeness (QED) is 0.334. The van der Waals surface area contributed by atoms with E-state index in [1.165, 1.54) is 35.5 Å². The predicted octanol–water partition coefficient (Wildman–Crippen LogP) is 5.57. The zero-order valence-corrected chi connectivity index (χ0v) is 20.2. The smallest absolute Gasteiger partial charge is 0.297 e. The van der Waals surface area contributed by atoms with Crippen molar-refractivity contribution >= 4 is 33.3 Å². The fraction of sp³-hybridized carbons (Fsp3) is 0.269. The molecule has 7 nitrogen and oxygen atoms in total. The van der Waals surface area contributed by atoms with Crippen LogP contribution in [-0.2, 0) is 0 Å². The van der Waals surface area contributed by atoms with Crippen LogP contribution < -0.4 is 19.8 Å². The largest absolute Gasteiger partial charge is 0.493 e. The van der Waals surface area contributed by atoms with Crippen molar-refractivity contribution in [1.82, 2.24) is 4.98 Å². The van der Waals surface area contributed by atoms with Crippen LogP contribution in [0.5, 0.6) is 11.5 Å². The second-order valence-corrected chi connectivity index (χ2v) is 9.52.